The number of carbonyl (C=O) groups excluding carboxylic acids is 1. The third-order valence-corrected chi connectivity index (χ3v) is 1.63. The number of hydrogen-bond acceptors (Lipinski definition) is 3. The molecule has 0 aliphatic heterocycles. The van der Waals surface area contributed by atoms with Gasteiger partial charge in [0.25, 0.3) is 6.47 Å². The summed E-state index contributed by atoms with van der Waals surface area (Å²) in [7, 11) is 0. The maximum Gasteiger partial charge on any atom is 0.293 e. The van der Waals surface area contributed by atoms with Gasteiger partial charge in [-0.1, -0.05) is 0 Å². The standard InChI is InChI=1S/C6H12O2S/c1-9-5-3-2-4-8-6-7/h6H,2-5H2,1H3. The number of unbranched alkanes of at least 4 members (excludes halogenated alkanes) is 1. The second-order valence-electron chi connectivity index (χ2n) is 1.67. The van der Waals surface area contributed by atoms with Crippen molar-refractivity contribution in [2.75, 3.05) is 18.6 Å². The summed E-state index contributed by atoms with van der Waals surface area (Å²) in [5.41, 5.74) is 0. The predicted molar refractivity (Wildman–Crippen MR) is 39.6 cm³/mol. The van der Waals surface area contributed by atoms with Gasteiger partial charge in [-0.25, -0.2) is 0 Å². The molecule has 2 nitrogen and oxygen atoms in total. The molecular formula is C6H12O2S. The van der Waals surface area contributed by atoms with Crippen molar-refractivity contribution in [2.45, 2.75) is 12.8 Å². The molecule has 0 atom stereocenters. The molecule has 0 aliphatic carbocycles. The SMILES string of the molecule is CSCCCCOC=O. The highest BCUT2D eigenvalue weighted by Gasteiger charge is 1.85. The van der Waals surface area contributed by atoms with E-state index in [2.05, 4.69) is 11.0 Å². The van der Waals surface area contributed by atoms with Gasteiger partial charge < -0.3 is 4.74 Å². The Balaban J connectivity index is 2.66. The van der Waals surface area contributed by atoms with Crippen molar-refractivity contribution in [3.8, 4) is 0 Å². The van der Waals surface area contributed by atoms with Crippen LogP contribution in [-0.4, -0.2) is 25.1 Å². The molecule has 0 N–H and O–H groups in total. The molecule has 0 saturated carbocycles. The van der Waals surface area contributed by atoms with Crippen LogP contribution in [0.1, 0.15) is 12.8 Å². The molecule has 9 heavy (non-hydrogen) atoms. The minimum Gasteiger partial charge on any atom is -0.468 e. The van der Waals surface area contributed by atoms with E-state index in [0.29, 0.717) is 13.1 Å². The first-order valence-electron chi connectivity index (χ1n) is 2.96. The van der Waals surface area contributed by atoms with Crippen LogP contribution in [0.2, 0.25) is 0 Å². The number of rotatable bonds is 6. The van der Waals surface area contributed by atoms with Crippen LogP contribution in [0.15, 0.2) is 0 Å². The average molecular weight is 148 g/mol. The summed E-state index contributed by atoms with van der Waals surface area (Å²) in [5, 5.41) is 0. The minimum atomic E-state index is 0.499. The Morgan fingerprint density at radius 2 is 2.33 bits per heavy atom. The Morgan fingerprint density at radius 1 is 1.56 bits per heavy atom. The van der Waals surface area contributed by atoms with Crippen molar-refractivity contribution >= 4 is 18.2 Å². The smallest absolute Gasteiger partial charge is 0.293 e. The fourth-order valence-electron chi connectivity index (χ4n) is 0.480. The second-order valence-corrected chi connectivity index (χ2v) is 2.65. The lowest BCUT2D eigenvalue weighted by Crippen LogP contribution is -1.91. The van der Waals surface area contributed by atoms with E-state index in [1.54, 1.807) is 0 Å². The summed E-state index contributed by atoms with van der Waals surface area (Å²) >= 11 is 1.82. The minimum absolute atomic E-state index is 0.499. The highest BCUT2D eigenvalue weighted by Crippen LogP contribution is 1.98. The van der Waals surface area contributed by atoms with Crippen LogP contribution in [0.3, 0.4) is 0 Å². The normalized spacial score (nSPS) is 9.00. The van der Waals surface area contributed by atoms with E-state index < -0.39 is 0 Å². The number of thioether (sulfide) groups is 1. The summed E-state index contributed by atoms with van der Waals surface area (Å²) in [6, 6.07) is 0. The van der Waals surface area contributed by atoms with Gasteiger partial charge in [-0.15, -0.1) is 0 Å². The zero-order valence-corrected chi connectivity index (χ0v) is 6.45. The maximum absolute atomic E-state index is 9.61. The monoisotopic (exact) mass is 148 g/mol. The van der Waals surface area contributed by atoms with Crippen LogP contribution in [0.5, 0.6) is 0 Å². The Morgan fingerprint density at radius 3 is 2.89 bits per heavy atom. The zero-order valence-electron chi connectivity index (χ0n) is 5.63. The van der Waals surface area contributed by atoms with Crippen LogP contribution in [0, 0.1) is 0 Å². The summed E-state index contributed by atoms with van der Waals surface area (Å²) in [6.07, 6.45) is 4.19. The lowest BCUT2D eigenvalue weighted by Gasteiger charge is -1.95. The first kappa shape index (κ1) is 8.82. The van der Waals surface area contributed by atoms with Gasteiger partial charge in [-0.2, -0.15) is 11.8 Å². The van der Waals surface area contributed by atoms with Crippen LogP contribution in [0.4, 0.5) is 0 Å². The molecular weight excluding hydrogens is 136 g/mol. The fourth-order valence-corrected chi connectivity index (χ4v) is 0.973. The lowest BCUT2D eigenvalue weighted by molar-refractivity contribution is -0.128. The fraction of sp³-hybridized carbons (Fsp3) is 0.833. The molecule has 0 saturated heterocycles. The molecule has 0 spiro atoms. The topological polar surface area (TPSA) is 26.3 Å². The first-order valence-corrected chi connectivity index (χ1v) is 4.35. The maximum atomic E-state index is 9.61. The Bertz CT molecular complexity index is 66.1. The summed E-state index contributed by atoms with van der Waals surface area (Å²) < 4.78 is 4.49. The predicted octanol–water partition coefficient (Wildman–Crippen LogP) is 1.30. The van der Waals surface area contributed by atoms with Gasteiger partial charge >= 0.3 is 0 Å². The molecule has 0 aromatic rings. The quantitative estimate of drug-likeness (QED) is 0.419. The largest absolute Gasteiger partial charge is 0.468 e. The molecule has 0 radical (unpaired) electrons. The summed E-state index contributed by atoms with van der Waals surface area (Å²) in [6.45, 7) is 1.07. The Kier molecular flexibility index (Phi) is 7.66. The molecule has 0 rings (SSSR count). The van der Waals surface area contributed by atoms with Crippen LogP contribution in [-0.2, 0) is 9.53 Å². The van der Waals surface area contributed by atoms with Gasteiger partial charge in [0.05, 0.1) is 6.61 Å². The van der Waals surface area contributed by atoms with E-state index in [4.69, 9.17) is 0 Å². The average Bonchev–Trinajstić information content (AvgIpc) is 1.89. The van der Waals surface area contributed by atoms with Gasteiger partial charge in [0.15, 0.2) is 0 Å². The van der Waals surface area contributed by atoms with E-state index >= 15 is 0 Å². The van der Waals surface area contributed by atoms with E-state index in [1.165, 1.54) is 0 Å². The van der Waals surface area contributed by atoms with E-state index in [1.807, 2.05) is 11.8 Å². The number of hydrogen-bond donors (Lipinski definition) is 0. The van der Waals surface area contributed by atoms with E-state index in [-0.39, 0.29) is 0 Å². The molecule has 0 unspecified atom stereocenters. The van der Waals surface area contributed by atoms with Crippen molar-refractivity contribution in [3.63, 3.8) is 0 Å². The molecule has 54 valence electrons. The van der Waals surface area contributed by atoms with E-state index in [9.17, 15) is 4.79 Å². The lowest BCUT2D eigenvalue weighted by atomic mass is 10.4. The van der Waals surface area contributed by atoms with E-state index in [0.717, 1.165) is 18.6 Å². The molecule has 0 aromatic carbocycles. The third-order valence-electron chi connectivity index (χ3n) is 0.929. The van der Waals surface area contributed by atoms with Crippen molar-refractivity contribution in [1.29, 1.82) is 0 Å². The Labute approximate surface area is 60.0 Å². The molecule has 0 aliphatic rings. The highest BCUT2D eigenvalue weighted by atomic mass is 32.2. The van der Waals surface area contributed by atoms with Crippen molar-refractivity contribution < 1.29 is 9.53 Å². The third kappa shape index (κ3) is 7.82. The summed E-state index contributed by atoms with van der Waals surface area (Å²) in [5.74, 6) is 1.15. The first-order chi connectivity index (χ1) is 4.41. The number of ether oxygens (including phenoxy) is 1. The zero-order chi connectivity index (χ0) is 6.95. The molecule has 0 aromatic heterocycles. The van der Waals surface area contributed by atoms with Gasteiger partial charge in [0.2, 0.25) is 0 Å². The molecule has 3 heteroatoms. The van der Waals surface area contributed by atoms with Crippen molar-refractivity contribution in [3.05, 3.63) is 0 Å². The second kappa shape index (κ2) is 7.82. The Hall–Kier alpha value is -0.180. The van der Waals surface area contributed by atoms with Gasteiger partial charge in [-0.3, -0.25) is 4.79 Å². The molecule has 0 amide bonds. The van der Waals surface area contributed by atoms with Gasteiger partial charge in [0, 0.05) is 0 Å². The molecule has 0 bridgehead atoms. The van der Waals surface area contributed by atoms with Crippen LogP contribution < -0.4 is 0 Å². The van der Waals surface area contributed by atoms with Crippen molar-refractivity contribution in [2.24, 2.45) is 0 Å². The van der Waals surface area contributed by atoms with Crippen LogP contribution >= 0.6 is 11.8 Å². The van der Waals surface area contributed by atoms with Gasteiger partial charge in [0.1, 0.15) is 0 Å². The van der Waals surface area contributed by atoms with Crippen molar-refractivity contribution in [1.82, 2.24) is 0 Å². The molecule has 0 heterocycles. The van der Waals surface area contributed by atoms with Crippen LogP contribution in [0.25, 0.3) is 0 Å². The van der Waals surface area contributed by atoms with Gasteiger partial charge in [-0.05, 0) is 24.9 Å². The highest BCUT2D eigenvalue weighted by molar-refractivity contribution is 7.98. The molecule has 0 fully saturated rings. The number of carbonyl (C=O) groups is 1. The summed E-state index contributed by atoms with van der Waals surface area (Å²) in [4.78, 5) is 9.61.